The van der Waals surface area contributed by atoms with E-state index in [4.69, 9.17) is 14.0 Å². The Kier molecular flexibility index (Phi) is 9.08. The van der Waals surface area contributed by atoms with Crippen LogP contribution in [0, 0.1) is 12.8 Å². The van der Waals surface area contributed by atoms with Crippen LogP contribution in [0.4, 0.5) is 0 Å². The van der Waals surface area contributed by atoms with Crippen molar-refractivity contribution >= 4 is 5.91 Å². The summed E-state index contributed by atoms with van der Waals surface area (Å²) in [4.78, 5) is 19.4. The van der Waals surface area contributed by atoms with Gasteiger partial charge in [0.15, 0.2) is 5.82 Å². The van der Waals surface area contributed by atoms with Crippen molar-refractivity contribution in [1.29, 1.82) is 0 Å². The molecule has 8 heteroatoms. The third-order valence-corrected chi connectivity index (χ3v) is 6.15. The molecule has 2 bridgehead atoms. The van der Waals surface area contributed by atoms with E-state index < -0.39 is 0 Å². The lowest BCUT2D eigenvalue weighted by Gasteiger charge is -2.24. The number of benzene rings is 2. The summed E-state index contributed by atoms with van der Waals surface area (Å²) in [7, 11) is 0. The third kappa shape index (κ3) is 7.63. The maximum absolute atomic E-state index is 12.8. The zero-order valence-corrected chi connectivity index (χ0v) is 21.5. The first-order valence-electron chi connectivity index (χ1n) is 12.7. The summed E-state index contributed by atoms with van der Waals surface area (Å²) >= 11 is 0. The van der Waals surface area contributed by atoms with Gasteiger partial charge in [-0.25, -0.2) is 0 Å². The fraction of sp³-hybridized carbons (Fsp3) is 0.464. The highest BCUT2D eigenvalue weighted by Gasteiger charge is 2.14. The number of nitrogens with zero attached hydrogens (tertiary/aromatic N) is 3. The lowest BCUT2D eigenvalue weighted by molar-refractivity contribution is 0.0764. The fourth-order valence-corrected chi connectivity index (χ4v) is 4.21. The van der Waals surface area contributed by atoms with Crippen LogP contribution in [0.1, 0.15) is 59.0 Å². The molecule has 0 atom stereocenters. The average Bonchev–Trinajstić information content (AvgIpc) is 3.28. The third-order valence-electron chi connectivity index (χ3n) is 6.15. The Hall–Kier alpha value is -3.23. The van der Waals surface area contributed by atoms with Crippen molar-refractivity contribution in [3.8, 4) is 5.75 Å². The molecule has 0 unspecified atom stereocenters. The van der Waals surface area contributed by atoms with Crippen LogP contribution in [-0.2, 0) is 24.2 Å². The molecule has 36 heavy (non-hydrogen) atoms. The number of hydrogen-bond acceptors (Lipinski definition) is 7. The molecule has 192 valence electrons. The molecule has 1 aliphatic heterocycles. The summed E-state index contributed by atoms with van der Waals surface area (Å²) in [5, 5.41) is 6.69. The smallest absolute Gasteiger partial charge is 0.251 e. The standard InChI is InChI=1S/C28H36N4O4/c1-20(2)9-10-32-11-12-34-13-14-35-26-8-7-24(28(33)29-18-27-30-21(3)36-31-27)17-25(26)16-22-5-4-6-23(15-22)19-32/h4-8,15,17,20H,9-14,16,18-19H2,1-3H3,(H,29,33). The number of fused-ring (bicyclic) bond motifs is 3. The lowest BCUT2D eigenvalue weighted by atomic mass is 9.99. The van der Waals surface area contributed by atoms with Gasteiger partial charge in [0.2, 0.25) is 5.89 Å². The molecule has 0 aliphatic carbocycles. The van der Waals surface area contributed by atoms with Gasteiger partial charge in [0, 0.05) is 32.0 Å². The van der Waals surface area contributed by atoms with Crippen LogP contribution in [0.25, 0.3) is 0 Å². The van der Waals surface area contributed by atoms with E-state index in [0.717, 1.165) is 37.4 Å². The highest BCUT2D eigenvalue weighted by atomic mass is 16.5. The molecule has 2 heterocycles. The number of rotatable bonds is 6. The molecule has 1 N–H and O–H groups in total. The number of ether oxygens (including phenoxy) is 2. The second kappa shape index (κ2) is 12.6. The largest absolute Gasteiger partial charge is 0.491 e. The van der Waals surface area contributed by atoms with Crippen molar-refractivity contribution < 1.29 is 18.8 Å². The molecule has 0 saturated heterocycles. The van der Waals surface area contributed by atoms with Gasteiger partial charge in [-0.05, 0) is 53.8 Å². The summed E-state index contributed by atoms with van der Waals surface area (Å²) in [6, 6.07) is 14.2. The van der Waals surface area contributed by atoms with Crippen LogP contribution in [0.15, 0.2) is 47.0 Å². The number of carbonyl (C=O) groups excluding carboxylic acids is 1. The molecule has 1 aliphatic rings. The van der Waals surface area contributed by atoms with E-state index in [1.54, 1.807) is 13.0 Å². The average molecular weight is 493 g/mol. The first-order valence-corrected chi connectivity index (χ1v) is 12.7. The highest BCUT2D eigenvalue weighted by Crippen LogP contribution is 2.25. The monoisotopic (exact) mass is 492 g/mol. The molecular formula is C28H36N4O4. The van der Waals surface area contributed by atoms with Gasteiger partial charge in [0.05, 0.1) is 19.8 Å². The number of aromatic nitrogens is 2. The summed E-state index contributed by atoms with van der Waals surface area (Å²) in [5.74, 6) is 2.15. The maximum Gasteiger partial charge on any atom is 0.251 e. The zero-order chi connectivity index (χ0) is 25.3. The highest BCUT2D eigenvalue weighted by molar-refractivity contribution is 5.94. The Morgan fingerprint density at radius 1 is 1.11 bits per heavy atom. The van der Waals surface area contributed by atoms with Crippen LogP contribution in [-0.4, -0.2) is 53.9 Å². The van der Waals surface area contributed by atoms with Crippen LogP contribution in [0.5, 0.6) is 5.75 Å². The van der Waals surface area contributed by atoms with Crippen molar-refractivity contribution in [3.05, 3.63) is 76.4 Å². The van der Waals surface area contributed by atoms with Crippen molar-refractivity contribution in [2.75, 3.05) is 32.9 Å². The van der Waals surface area contributed by atoms with E-state index in [1.165, 1.54) is 11.1 Å². The van der Waals surface area contributed by atoms with E-state index in [9.17, 15) is 4.79 Å². The molecule has 0 fully saturated rings. The second-order valence-electron chi connectivity index (χ2n) is 9.65. The number of hydrogen-bond donors (Lipinski definition) is 1. The molecule has 0 spiro atoms. The maximum atomic E-state index is 12.8. The Bertz CT molecular complexity index is 1140. The van der Waals surface area contributed by atoms with Crippen LogP contribution in [0.3, 0.4) is 0 Å². The van der Waals surface area contributed by atoms with Gasteiger partial charge in [-0.15, -0.1) is 0 Å². The first kappa shape index (κ1) is 25.9. The number of carbonyl (C=O) groups is 1. The molecule has 1 aromatic heterocycles. The topological polar surface area (TPSA) is 89.7 Å². The quantitative estimate of drug-likeness (QED) is 0.553. The predicted octanol–water partition coefficient (Wildman–Crippen LogP) is 4.16. The summed E-state index contributed by atoms with van der Waals surface area (Å²) in [6.07, 6.45) is 1.83. The SMILES string of the molecule is Cc1nc(CNC(=O)c2ccc3c(c2)Cc2cccc(c2)CN(CCC(C)C)CCOCCO3)no1. The lowest BCUT2D eigenvalue weighted by Crippen LogP contribution is -2.29. The molecule has 8 nitrogen and oxygen atoms in total. The van der Waals surface area contributed by atoms with Crippen LogP contribution in [0.2, 0.25) is 0 Å². The number of nitrogens with one attached hydrogen (secondary N) is 1. The van der Waals surface area contributed by atoms with E-state index in [-0.39, 0.29) is 12.5 Å². The van der Waals surface area contributed by atoms with Crippen LogP contribution >= 0.6 is 0 Å². The van der Waals surface area contributed by atoms with Gasteiger partial charge in [0.25, 0.3) is 5.91 Å². The first-order chi connectivity index (χ1) is 17.5. The van der Waals surface area contributed by atoms with Gasteiger partial charge in [-0.3, -0.25) is 9.69 Å². The summed E-state index contributed by atoms with van der Waals surface area (Å²) in [5.41, 5.74) is 3.99. The zero-order valence-electron chi connectivity index (χ0n) is 21.5. The van der Waals surface area contributed by atoms with Crippen molar-refractivity contribution in [2.45, 2.75) is 46.7 Å². The normalized spacial score (nSPS) is 15.1. The van der Waals surface area contributed by atoms with E-state index >= 15 is 0 Å². The Morgan fingerprint density at radius 2 is 1.97 bits per heavy atom. The Labute approximate surface area is 213 Å². The van der Waals surface area contributed by atoms with Gasteiger partial charge in [-0.2, -0.15) is 4.98 Å². The van der Waals surface area contributed by atoms with Crippen LogP contribution < -0.4 is 10.1 Å². The van der Waals surface area contributed by atoms with Crippen molar-refractivity contribution in [1.82, 2.24) is 20.4 Å². The predicted molar refractivity (Wildman–Crippen MR) is 137 cm³/mol. The molecule has 3 aromatic rings. The minimum absolute atomic E-state index is 0.197. The van der Waals surface area contributed by atoms with E-state index in [0.29, 0.717) is 49.4 Å². The molecular weight excluding hydrogens is 456 g/mol. The molecule has 2 aromatic carbocycles. The molecule has 0 radical (unpaired) electrons. The minimum Gasteiger partial charge on any atom is -0.491 e. The van der Waals surface area contributed by atoms with Gasteiger partial charge in [-0.1, -0.05) is 43.3 Å². The van der Waals surface area contributed by atoms with E-state index in [2.05, 4.69) is 58.5 Å². The Balaban J connectivity index is 1.52. The van der Waals surface area contributed by atoms with E-state index in [1.807, 2.05) is 12.1 Å². The van der Waals surface area contributed by atoms with Gasteiger partial charge in [0.1, 0.15) is 12.4 Å². The molecule has 0 saturated carbocycles. The summed E-state index contributed by atoms with van der Waals surface area (Å²) < 4.78 is 16.9. The molecule has 1 amide bonds. The summed E-state index contributed by atoms with van der Waals surface area (Å²) in [6.45, 7) is 10.9. The van der Waals surface area contributed by atoms with Crippen molar-refractivity contribution in [3.63, 3.8) is 0 Å². The van der Waals surface area contributed by atoms with Crippen molar-refractivity contribution in [2.24, 2.45) is 5.92 Å². The molecule has 4 rings (SSSR count). The van der Waals surface area contributed by atoms with Gasteiger partial charge >= 0.3 is 0 Å². The fourth-order valence-electron chi connectivity index (χ4n) is 4.21. The Morgan fingerprint density at radius 3 is 2.78 bits per heavy atom. The van der Waals surface area contributed by atoms with Gasteiger partial charge < -0.3 is 19.3 Å². The minimum atomic E-state index is -0.197. The number of amides is 1. The second-order valence-corrected chi connectivity index (χ2v) is 9.65. The number of aryl methyl sites for hydroxylation is 1.